The van der Waals surface area contributed by atoms with Gasteiger partial charge in [0, 0.05) is 28.3 Å². The lowest BCUT2D eigenvalue weighted by Gasteiger charge is -2.41. The molecule has 0 spiro atoms. The van der Waals surface area contributed by atoms with E-state index in [1.54, 1.807) is 0 Å². The van der Waals surface area contributed by atoms with Crippen molar-refractivity contribution in [1.82, 2.24) is 0 Å². The van der Waals surface area contributed by atoms with E-state index in [9.17, 15) is 5.11 Å². The van der Waals surface area contributed by atoms with Crippen LogP contribution in [-0.2, 0) is 27.3 Å². The van der Waals surface area contributed by atoms with Crippen LogP contribution in [0.25, 0.3) is 0 Å². The molecule has 304 valence electrons. The highest BCUT2D eigenvalue weighted by Gasteiger charge is 2.44. The molecule has 0 heterocycles. The van der Waals surface area contributed by atoms with Gasteiger partial charge in [-0.2, -0.15) is 0 Å². The quantitative estimate of drug-likeness (QED) is 0.133. The van der Waals surface area contributed by atoms with Crippen LogP contribution >= 0.6 is 0 Å². The second-order valence-electron chi connectivity index (χ2n) is 20.6. The van der Waals surface area contributed by atoms with Gasteiger partial charge in [-0.1, -0.05) is 175 Å². The van der Waals surface area contributed by atoms with E-state index in [0.29, 0.717) is 13.2 Å². The molecule has 0 aromatic heterocycles. The van der Waals surface area contributed by atoms with Gasteiger partial charge in [0.05, 0.1) is 13.2 Å². The van der Waals surface area contributed by atoms with Gasteiger partial charge >= 0.3 is 0 Å². The van der Waals surface area contributed by atoms with E-state index in [1.807, 2.05) is 0 Å². The molecule has 2 aromatic carbocycles. The third kappa shape index (κ3) is 13.0. The Morgan fingerprint density at radius 3 is 1.00 bits per heavy atom. The molecule has 3 N–H and O–H groups in total. The minimum atomic E-state index is -1.47. The number of unbranched alkanes of at least 4 members (excludes halogenated alkanes) is 10. The number of nitrogens with two attached hydrogens (primary N) is 1. The number of ether oxygens (including phenoxy) is 2. The molecule has 1 atom stereocenters. The molecule has 4 heteroatoms. The van der Waals surface area contributed by atoms with Gasteiger partial charge in [-0.25, -0.2) is 0 Å². The van der Waals surface area contributed by atoms with Gasteiger partial charge in [0.15, 0.2) is 0 Å². The summed E-state index contributed by atoms with van der Waals surface area (Å²) in [5, 5.41) is 13.6. The normalized spacial score (nSPS) is 13.9. The fourth-order valence-electron chi connectivity index (χ4n) is 7.38. The van der Waals surface area contributed by atoms with Crippen molar-refractivity contribution in [3.05, 3.63) is 57.6 Å². The van der Waals surface area contributed by atoms with Gasteiger partial charge in [-0.05, 0) is 75.8 Å². The zero-order valence-corrected chi connectivity index (χ0v) is 37.7. The second kappa shape index (κ2) is 19.7. The van der Waals surface area contributed by atoms with Crippen LogP contribution in [-0.4, -0.2) is 24.4 Å². The summed E-state index contributed by atoms with van der Waals surface area (Å²) in [6.45, 7) is 37.2. The first-order chi connectivity index (χ1) is 24.4. The lowest BCUT2D eigenvalue weighted by atomic mass is 9.69. The number of aliphatic hydroxyl groups is 1. The third-order valence-electron chi connectivity index (χ3n) is 11.0. The van der Waals surface area contributed by atoms with Crippen molar-refractivity contribution in [3.63, 3.8) is 0 Å². The highest BCUT2D eigenvalue weighted by atomic mass is 16.5. The smallest absolute Gasteiger partial charge is 0.130 e. The topological polar surface area (TPSA) is 64.7 Å². The predicted molar refractivity (Wildman–Crippen MR) is 231 cm³/mol. The van der Waals surface area contributed by atoms with E-state index in [2.05, 4.69) is 135 Å². The molecule has 1 unspecified atom stereocenters. The van der Waals surface area contributed by atoms with E-state index in [0.717, 1.165) is 57.7 Å². The van der Waals surface area contributed by atoms with E-state index >= 15 is 0 Å². The Bertz CT molecular complexity index is 1230. The second-order valence-corrected chi connectivity index (χ2v) is 20.6. The van der Waals surface area contributed by atoms with Gasteiger partial charge in [-0.3, -0.25) is 0 Å². The van der Waals surface area contributed by atoms with Crippen LogP contribution in [0.15, 0.2) is 24.3 Å². The first-order valence-corrected chi connectivity index (χ1v) is 21.5. The van der Waals surface area contributed by atoms with E-state index in [1.165, 1.54) is 64.2 Å². The van der Waals surface area contributed by atoms with Crippen LogP contribution in [0, 0.1) is 5.92 Å². The molecule has 2 rings (SSSR count). The SMILES string of the molecule is CCCCCCCCOc1c(C(C)(C)C)cc(C(O)(c2cc(C(C)(C)C)c(OCCCCCCCC)c(C(C)(C)C)c2)C(N)C(C)C)cc1C(C)(C)C. The first-order valence-electron chi connectivity index (χ1n) is 21.5. The van der Waals surface area contributed by atoms with Crippen molar-refractivity contribution in [1.29, 1.82) is 0 Å². The molecular weight excluding hydrogens is 651 g/mol. The molecule has 0 bridgehead atoms. The minimum Gasteiger partial charge on any atom is -0.493 e. The van der Waals surface area contributed by atoms with Gasteiger partial charge in [-0.15, -0.1) is 0 Å². The van der Waals surface area contributed by atoms with Crippen molar-refractivity contribution < 1.29 is 14.6 Å². The highest BCUT2D eigenvalue weighted by Crippen LogP contribution is 2.48. The van der Waals surface area contributed by atoms with Crippen molar-refractivity contribution >= 4 is 0 Å². The average Bonchev–Trinajstić information content (AvgIpc) is 3.04. The Morgan fingerprint density at radius 1 is 0.491 bits per heavy atom. The highest BCUT2D eigenvalue weighted by molar-refractivity contribution is 5.58. The summed E-state index contributed by atoms with van der Waals surface area (Å²) < 4.78 is 13.6. The maximum Gasteiger partial charge on any atom is 0.130 e. The summed E-state index contributed by atoms with van der Waals surface area (Å²) in [4.78, 5) is 0. The van der Waals surface area contributed by atoms with Crippen molar-refractivity contribution in [3.8, 4) is 11.5 Å². The van der Waals surface area contributed by atoms with E-state index in [-0.39, 0.29) is 27.6 Å². The Kier molecular flexibility index (Phi) is 17.5. The summed E-state index contributed by atoms with van der Waals surface area (Å²) in [5.41, 5.74) is 11.0. The van der Waals surface area contributed by atoms with Crippen molar-refractivity contribution in [2.75, 3.05) is 13.2 Å². The zero-order valence-electron chi connectivity index (χ0n) is 37.7. The van der Waals surface area contributed by atoms with Crippen LogP contribution in [0.1, 0.15) is 221 Å². The zero-order chi connectivity index (χ0) is 40.4. The average molecular weight is 736 g/mol. The lowest BCUT2D eigenvalue weighted by molar-refractivity contribution is 0.0347. The van der Waals surface area contributed by atoms with Crippen LogP contribution < -0.4 is 15.2 Å². The Labute approximate surface area is 328 Å². The summed E-state index contributed by atoms with van der Waals surface area (Å²) >= 11 is 0. The molecule has 0 aliphatic rings. The number of hydrogen-bond donors (Lipinski definition) is 2. The molecule has 0 saturated carbocycles. The van der Waals surface area contributed by atoms with E-state index < -0.39 is 11.6 Å². The molecule has 0 fully saturated rings. The van der Waals surface area contributed by atoms with Gasteiger partial charge < -0.3 is 20.3 Å². The fraction of sp³-hybridized carbons (Fsp3) is 0.755. The summed E-state index contributed by atoms with van der Waals surface area (Å²) in [6, 6.07) is 8.29. The fourth-order valence-corrected chi connectivity index (χ4v) is 7.38. The van der Waals surface area contributed by atoms with E-state index in [4.69, 9.17) is 15.2 Å². The lowest BCUT2D eigenvalue weighted by Crippen LogP contribution is -2.50. The van der Waals surface area contributed by atoms with Crippen LogP contribution in [0.4, 0.5) is 0 Å². The number of hydrogen-bond acceptors (Lipinski definition) is 4. The molecule has 0 radical (unpaired) electrons. The largest absolute Gasteiger partial charge is 0.493 e. The molecular formula is C49H85NO3. The van der Waals surface area contributed by atoms with Crippen LogP contribution in [0.5, 0.6) is 11.5 Å². The summed E-state index contributed by atoms with van der Waals surface area (Å²) in [5.74, 6) is 1.94. The number of rotatable bonds is 20. The van der Waals surface area contributed by atoms with Crippen LogP contribution in [0.3, 0.4) is 0 Å². The molecule has 2 aromatic rings. The predicted octanol–water partition coefficient (Wildman–Crippen LogP) is 13.6. The maximum atomic E-state index is 13.6. The third-order valence-corrected chi connectivity index (χ3v) is 11.0. The summed E-state index contributed by atoms with van der Waals surface area (Å²) in [7, 11) is 0. The molecule has 4 nitrogen and oxygen atoms in total. The van der Waals surface area contributed by atoms with Gasteiger partial charge in [0.1, 0.15) is 17.1 Å². The molecule has 0 amide bonds. The number of benzene rings is 2. The van der Waals surface area contributed by atoms with Gasteiger partial charge in [0.25, 0.3) is 0 Å². The molecule has 53 heavy (non-hydrogen) atoms. The minimum absolute atomic E-state index is 0.0135. The van der Waals surface area contributed by atoms with Gasteiger partial charge in [0.2, 0.25) is 0 Å². The molecule has 0 saturated heterocycles. The standard InChI is InChI=1S/C49H85NO3/c1-17-19-21-23-25-27-29-52-42-38(45(5,6)7)31-36(32-39(42)46(8,9)10)49(51,44(50)35(3)4)37-33-40(47(11,12)13)43(41(34-37)48(14,15)16)53-30-28-26-24-22-20-18-2/h31-35,44,51H,17-30,50H2,1-16H3. The Hall–Kier alpha value is -2.04. The van der Waals surface area contributed by atoms with Crippen molar-refractivity contribution in [2.24, 2.45) is 11.7 Å². The first kappa shape index (κ1) is 47.1. The summed E-state index contributed by atoms with van der Waals surface area (Å²) in [6.07, 6.45) is 14.7. The Morgan fingerprint density at radius 2 is 0.755 bits per heavy atom. The molecule has 0 aliphatic heterocycles. The maximum absolute atomic E-state index is 13.6. The Balaban J connectivity index is 2.90. The monoisotopic (exact) mass is 736 g/mol. The van der Waals surface area contributed by atoms with Crippen molar-refractivity contribution in [2.45, 2.75) is 221 Å². The van der Waals surface area contributed by atoms with Crippen LogP contribution in [0.2, 0.25) is 0 Å². The molecule has 0 aliphatic carbocycles.